The minimum Gasteiger partial charge on any atom is -0.303 e. The largest absolute Gasteiger partial charge is 0.303 e. The summed E-state index contributed by atoms with van der Waals surface area (Å²) < 4.78 is 0. The van der Waals surface area contributed by atoms with Crippen molar-refractivity contribution in [1.29, 1.82) is 0 Å². The first-order valence-corrected chi connectivity index (χ1v) is 11.5. The lowest BCUT2D eigenvalue weighted by Gasteiger charge is -2.36. The van der Waals surface area contributed by atoms with Crippen molar-refractivity contribution in [3.63, 3.8) is 0 Å². The van der Waals surface area contributed by atoms with Crippen LogP contribution in [0.1, 0.15) is 57.0 Å². The third kappa shape index (κ3) is 3.98. The fourth-order valence-electron chi connectivity index (χ4n) is 5.15. The van der Waals surface area contributed by atoms with Crippen LogP contribution in [-0.2, 0) is 0 Å². The van der Waals surface area contributed by atoms with E-state index in [0.29, 0.717) is 17.0 Å². The van der Waals surface area contributed by atoms with E-state index in [-0.39, 0.29) is 17.9 Å². The molecule has 0 bridgehead atoms. The van der Waals surface area contributed by atoms with Gasteiger partial charge in [0.15, 0.2) is 0 Å². The van der Waals surface area contributed by atoms with Crippen molar-refractivity contribution in [3.05, 3.63) is 107 Å². The number of rotatable bonds is 6. The topological polar surface area (TPSA) is 40.6 Å². The highest BCUT2D eigenvalue weighted by atomic mass is 16.2. The standard InChI is InChI=1S/C28H28N2O2/c31-27-25-13-7-8-14-26(25)28(32)30(27)23-15-18-29(19-16-23)20-17-24(21-9-3-1-4-10-21)22-11-5-2-6-12-22/h1-14,23-24H,15-20H2. The van der Waals surface area contributed by atoms with Crippen molar-refractivity contribution >= 4 is 11.8 Å². The van der Waals surface area contributed by atoms with Crippen LogP contribution in [0.25, 0.3) is 0 Å². The van der Waals surface area contributed by atoms with Gasteiger partial charge in [0, 0.05) is 25.0 Å². The van der Waals surface area contributed by atoms with Crippen LogP contribution in [0, 0.1) is 0 Å². The highest BCUT2D eigenvalue weighted by molar-refractivity contribution is 6.21. The molecule has 0 aliphatic carbocycles. The lowest BCUT2D eigenvalue weighted by Crippen LogP contribution is -2.47. The molecule has 2 heterocycles. The second kappa shape index (κ2) is 9.09. The van der Waals surface area contributed by atoms with Crippen LogP contribution in [0.5, 0.6) is 0 Å². The lowest BCUT2D eigenvalue weighted by molar-refractivity contribution is 0.0501. The van der Waals surface area contributed by atoms with Crippen molar-refractivity contribution in [1.82, 2.24) is 9.80 Å². The Hall–Kier alpha value is -3.24. The zero-order valence-corrected chi connectivity index (χ0v) is 18.2. The molecule has 32 heavy (non-hydrogen) atoms. The minimum atomic E-state index is -0.128. The first-order chi connectivity index (χ1) is 15.7. The normalized spacial score (nSPS) is 17.2. The van der Waals surface area contributed by atoms with Crippen molar-refractivity contribution in [2.45, 2.75) is 31.2 Å². The van der Waals surface area contributed by atoms with Crippen LogP contribution in [0.3, 0.4) is 0 Å². The number of benzene rings is 3. The number of likely N-dealkylation sites (tertiary alicyclic amines) is 1. The number of nitrogens with zero attached hydrogens (tertiary/aromatic N) is 2. The van der Waals surface area contributed by atoms with E-state index in [9.17, 15) is 9.59 Å². The van der Waals surface area contributed by atoms with Crippen LogP contribution in [-0.4, -0.2) is 47.3 Å². The molecule has 162 valence electrons. The molecule has 0 saturated carbocycles. The van der Waals surface area contributed by atoms with Crippen LogP contribution < -0.4 is 0 Å². The third-order valence-electron chi connectivity index (χ3n) is 6.89. The van der Waals surface area contributed by atoms with Crippen LogP contribution in [0.2, 0.25) is 0 Å². The monoisotopic (exact) mass is 424 g/mol. The summed E-state index contributed by atoms with van der Waals surface area (Å²) in [6.07, 6.45) is 2.73. The molecule has 4 heteroatoms. The molecular formula is C28H28N2O2. The van der Waals surface area contributed by atoms with E-state index < -0.39 is 0 Å². The molecule has 1 fully saturated rings. The van der Waals surface area contributed by atoms with Crippen molar-refractivity contribution in [3.8, 4) is 0 Å². The van der Waals surface area contributed by atoms with Crippen molar-refractivity contribution in [2.75, 3.05) is 19.6 Å². The maximum Gasteiger partial charge on any atom is 0.261 e. The molecule has 3 aromatic rings. The zero-order chi connectivity index (χ0) is 21.9. The van der Waals surface area contributed by atoms with E-state index in [4.69, 9.17) is 0 Å². The molecule has 0 N–H and O–H groups in total. The summed E-state index contributed by atoms with van der Waals surface area (Å²) >= 11 is 0. The number of amides is 2. The van der Waals surface area contributed by atoms with Gasteiger partial charge in [-0.1, -0.05) is 72.8 Å². The fourth-order valence-corrected chi connectivity index (χ4v) is 5.15. The van der Waals surface area contributed by atoms with Gasteiger partial charge in [0.25, 0.3) is 11.8 Å². The van der Waals surface area contributed by atoms with Crippen molar-refractivity contribution in [2.24, 2.45) is 0 Å². The van der Waals surface area contributed by atoms with Gasteiger partial charge in [-0.05, 0) is 49.1 Å². The number of hydrogen-bond donors (Lipinski definition) is 0. The van der Waals surface area contributed by atoms with E-state index in [1.54, 1.807) is 12.1 Å². The van der Waals surface area contributed by atoms with Gasteiger partial charge in [0.1, 0.15) is 0 Å². The molecular weight excluding hydrogens is 396 g/mol. The number of carbonyl (C=O) groups is 2. The Morgan fingerprint density at radius 1 is 0.688 bits per heavy atom. The van der Waals surface area contributed by atoms with Crippen LogP contribution >= 0.6 is 0 Å². The second-order valence-electron chi connectivity index (χ2n) is 8.76. The summed E-state index contributed by atoms with van der Waals surface area (Å²) in [5.41, 5.74) is 3.79. The Morgan fingerprint density at radius 2 is 1.16 bits per heavy atom. The van der Waals surface area contributed by atoms with Gasteiger partial charge in [-0.15, -0.1) is 0 Å². The first-order valence-electron chi connectivity index (χ1n) is 11.5. The Kier molecular flexibility index (Phi) is 5.87. The molecule has 0 aromatic heterocycles. The number of fused-ring (bicyclic) bond motifs is 1. The van der Waals surface area contributed by atoms with Gasteiger partial charge in [-0.2, -0.15) is 0 Å². The average Bonchev–Trinajstić information content (AvgIpc) is 3.11. The highest BCUT2D eigenvalue weighted by Gasteiger charge is 2.40. The van der Waals surface area contributed by atoms with Crippen LogP contribution in [0.15, 0.2) is 84.9 Å². The second-order valence-corrected chi connectivity index (χ2v) is 8.76. The molecule has 2 aliphatic rings. The van der Waals surface area contributed by atoms with Crippen molar-refractivity contribution < 1.29 is 9.59 Å². The molecule has 4 nitrogen and oxygen atoms in total. The maximum absolute atomic E-state index is 12.8. The number of imide groups is 1. The lowest BCUT2D eigenvalue weighted by atomic mass is 9.88. The summed E-state index contributed by atoms with van der Waals surface area (Å²) in [4.78, 5) is 29.6. The molecule has 3 aromatic carbocycles. The van der Waals surface area contributed by atoms with Gasteiger partial charge in [0.2, 0.25) is 0 Å². The number of hydrogen-bond acceptors (Lipinski definition) is 3. The zero-order valence-electron chi connectivity index (χ0n) is 18.2. The van der Waals surface area contributed by atoms with Gasteiger partial charge in [-0.3, -0.25) is 14.5 Å². The molecule has 0 spiro atoms. The van der Waals surface area contributed by atoms with Gasteiger partial charge < -0.3 is 4.90 Å². The Morgan fingerprint density at radius 3 is 1.66 bits per heavy atom. The maximum atomic E-state index is 12.8. The number of piperidine rings is 1. The Balaban J connectivity index is 1.22. The molecule has 1 saturated heterocycles. The van der Waals surface area contributed by atoms with Crippen LogP contribution in [0.4, 0.5) is 0 Å². The summed E-state index contributed by atoms with van der Waals surface area (Å²) in [6.45, 7) is 2.83. The van der Waals surface area contributed by atoms with E-state index in [0.717, 1.165) is 38.9 Å². The Labute approximate surface area is 189 Å². The third-order valence-corrected chi connectivity index (χ3v) is 6.89. The predicted molar refractivity (Wildman–Crippen MR) is 126 cm³/mol. The molecule has 2 aliphatic heterocycles. The smallest absolute Gasteiger partial charge is 0.261 e. The summed E-state index contributed by atoms with van der Waals surface area (Å²) in [5.74, 6) is 0.112. The summed E-state index contributed by atoms with van der Waals surface area (Å²) in [6, 6.07) is 28.6. The summed E-state index contributed by atoms with van der Waals surface area (Å²) in [5, 5.41) is 0. The highest BCUT2D eigenvalue weighted by Crippen LogP contribution is 2.31. The molecule has 0 atom stereocenters. The minimum absolute atomic E-state index is 0.00214. The van der Waals surface area contributed by atoms with Gasteiger partial charge in [-0.25, -0.2) is 0 Å². The van der Waals surface area contributed by atoms with E-state index in [2.05, 4.69) is 65.6 Å². The fraction of sp³-hybridized carbons (Fsp3) is 0.286. The molecule has 5 rings (SSSR count). The first kappa shape index (κ1) is 20.7. The quantitative estimate of drug-likeness (QED) is 0.525. The van der Waals surface area contributed by atoms with E-state index in [1.807, 2.05) is 12.1 Å². The number of carbonyl (C=O) groups excluding carboxylic acids is 2. The van der Waals surface area contributed by atoms with Gasteiger partial charge >= 0.3 is 0 Å². The van der Waals surface area contributed by atoms with E-state index in [1.165, 1.54) is 16.0 Å². The van der Waals surface area contributed by atoms with E-state index >= 15 is 0 Å². The molecule has 0 radical (unpaired) electrons. The predicted octanol–water partition coefficient (Wildman–Crippen LogP) is 4.97. The molecule has 0 unspecified atom stereocenters. The average molecular weight is 425 g/mol. The summed E-state index contributed by atoms with van der Waals surface area (Å²) in [7, 11) is 0. The SMILES string of the molecule is O=C1c2ccccc2C(=O)N1C1CCN(CCC(c2ccccc2)c2ccccc2)CC1. The Bertz CT molecular complexity index is 1010. The van der Waals surface area contributed by atoms with Gasteiger partial charge in [0.05, 0.1) is 11.1 Å². The molecule has 2 amide bonds.